The predicted octanol–water partition coefficient (Wildman–Crippen LogP) is 3.93. The molecule has 1 amide bonds. The van der Waals surface area contributed by atoms with Crippen molar-refractivity contribution in [3.63, 3.8) is 0 Å². The Morgan fingerprint density at radius 3 is 2.35 bits per heavy atom. The lowest BCUT2D eigenvalue weighted by Gasteiger charge is -2.58. The maximum Gasteiger partial charge on any atom is 0.511 e. The van der Waals surface area contributed by atoms with Crippen LogP contribution in [0.3, 0.4) is 0 Å². The summed E-state index contributed by atoms with van der Waals surface area (Å²) in [6.07, 6.45) is 3.17. The van der Waals surface area contributed by atoms with Crippen LogP contribution in [0.2, 0.25) is 0 Å². The van der Waals surface area contributed by atoms with E-state index >= 15 is 4.39 Å². The van der Waals surface area contributed by atoms with Gasteiger partial charge in [0.1, 0.15) is 10.7 Å². The van der Waals surface area contributed by atoms with Crippen LogP contribution >= 0.6 is 11.3 Å². The molecule has 4 saturated carbocycles. The number of hydrogen-bond acceptors (Lipinski definition) is 5. The van der Waals surface area contributed by atoms with Crippen LogP contribution in [0.4, 0.5) is 22.6 Å². The number of thiophene rings is 1. The fourth-order valence-corrected chi connectivity index (χ4v) is 7.21. The number of hydrogen-bond donors (Lipinski definition) is 2. The van der Waals surface area contributed by atoms with Crippen LogP contribution in [0, 0.1) is 24.2 Å². The molecule has 5 rings (SSSR count). The molecule has 1 aromatic rings. The van der Waals surface area contributed by atoms with Gasteiger partial charge in [-0.3, -0.25) is 9.59 Å². The van der Waals surface area contributed by atoms with Crippen molar-refractivity contribution in [3.8, 4) is 0 Å². The largest absolute Gasteiger partial charge is 0.511 e. The fraction of sp³-hybridized carbons (Fsp3) is 0.684. The molecule has 1 aromatic heterocycles. The summed E-state index contributed by atoms with van der Waals surface area (Å²) in [5.41, 5.74) is -7.80. The SMILES string of the molecule is Cc1cc(C(=O)CNS(=O)(=O)C(F)(F)F)c(NC(=O)C23CC4CC(CC(F)(C4)C2)C3)s1. The molecule has 0 aliphatic heterocycles. The fourth-order valence-electron chi connectivity index (χ4n) is 5.80. The molecular formula is C19H22F4N2O4S2. The molecule has 2 N–H and O–H groups in total. The number of carbonyl (C=O) groups excluding carboxylic acids is 2. The van der Waals surface area contributed by atoms with Crippen molar-refractivity contribution in [2.24, 2.45) is 17.3 Å². The molecule has 0 aromatic carbocycles. The van der Waals surface area contributed by atoms with E-state index in [0.717, 1.165) is 17.8 Å². The number of rotatable bonds is 6. The molecule has 172 valence electrons. The molecule has 0 spiro atoms. The van der Waals surface area contributed by atoms with Crippen molar-refractivity contribution in [2.75, 3.05) is 11.9 Å². The second-order valence-electron chi connectivity index (χ2n) is 9.14. The van der Waals surface area contributed by atoms with Crippen LogP contribution in [0.5, 0.6) is 0 Å². The molecule has 0 radical (unpaired) electrons. The maximum absolute atomic E-state index is 15.2. The molecule has 4 aliphatic rings. The topological polar surface area (TPSA) is 92.3 Å². The van der Waals surface area contributed by atoms with Gasteiger partial charge in [-0.15, -0.1) is 11.3 Å². The smallest absolute Gasteiger partial charge is 0.317 e. The zero-order valence-corrected chi connectivity index (χ0v) is 18.3. The molecule has 12 heteroatoms. The Bertz CT molecular complexity index is 1020. The summed E-state index contributed by atoms with van der Waals surface area (Å²) in [4.78, 5) is 26.2. The van der Waals surface area contributed by atoms with Gasteiger partial charge in [-0.1, -0.05) is 0 Å². The summed E-state index contributed by atoms with van der Waals surface area (Å²) in [6.45, 7) is 0.558. The maximum atomic E-state index is 15.2. The molecule has 31 heavy (non-hydrogen) atoms. The molecule has 4 bridgehead atoms. The van der Waals surface area contributed by atoms with Crippen molar-refractivity contribution < 1.29 is 35.6 Å². The van der Waals surface area contributed by atoms with Gasteiger partial charge in [-0.25, -0.2) is 12.8 Å². The average molecular weight is 483 g/mol. The van der Waals surface area contributed by atoms with Crippen LogP contribution in [0.1, 0.15) is 53.8 Å². The third kappa shape index (κ3) is 4.13. The lowest BCUT2D eigenvalue weighted by molar-refractivity contribution is -0.155. The van der Waals surface area contributed by atoms with E-state index in [4.69, 9.17) is 0 Å². The van der Waals surface area contributed by atoms with Gasteiger partial charge in [0, 0.05) is 4.88 Å². The second-order valence-corrected chi connectivity index (χ2v) is 12.2. The van der Waals surface area contributed by atoms with Gasteiger partial charge in [-0.2, -0.15) is 17.9 Å². The summed E-state index contributed by atoms with van der Waals surface area (Å²) >= 11 is 1.07. The minimum atomic E-state index is -5.66. The highest BCUT2D eigenvalue weighted by Crippen LogP contribution is 2.63. The first-order valence-corrected chi connectivity index (χ1v) is 12.2. The normalized spacial score (nSPS) is 32.3. The van der Waals surface area contributed by atoms with E-state index in [-0.39, 0.29) is 34.7 Å². The number of carbonyl (C=O) groups is 2. The number of halogens is 4. The Morgan fingerprint density at radius 1 is 1.19 bits per heavy atom. The minimum Gasteiger partial charge on any atom is -0.317 e. The Hall–Kier alpha value is -1.53. The molecule has 6 nitrogen and oxygen atoms in total. The molecule has 4 aliphatic carbocycles. The molecule has 2 unspecified atom stereocenters. The van der Waals surface area contributed by atoms with Gasteiger partial charge in [0.15, 0.2) is 5.78 Å². The first kappa shape index (κ1) is 22.7. The number of amides is 1. The highest BCUT2D eigenvalue weighted by Gasteiger charge is 2.61. The number of sulfonamides is 1. The molecule has 4 fully saturated rings. The van der Waals surface area contributed by atoms with Crippen LogP contribution in [0.25, 0.3) is 0 Å². The highest BCUT2D eigenvalue weighted by molar-refractivity contribution is 7.90. The Labute approximate surface area is 180 Å². The van der Waals surface area contributed by atoms with E-state index in [1.165, 1.54) is 10.8 Å². The number of Topliss-reactive ketones (excluding diaryl/α,β-unsaturated/α-hetero) is 1. The molecule has 1 heterocycles. The van der Waals surface area contributed by atoms with E-state index in [2.05, 4.69) is 5.32 Å². The number of aryl methyl sites for hydroxylation is 1. The Balaban J connectivity index is 1.50. The van der Waals surface area contributed by atoms with E-state index in [1.54, 1.807) is 6.92 Å². The van der Waals surface area contributed by atoms with Crippen molar-refractivity contribution in [3.05, 3.63) is 16.5 Å². The van der Waals surface area contributed by atoms with Crippen LogP contribution in [0.15, 0.2) is 6.07 Å². The predicted molar refractivity (Wildman–Crippen MR) is 106 cm³/mol. The summed E-state index contributed by atoms with van der Waals surface area (Å²) in [5, 5.41) is 2.85. The van der Waals surface area contributed by atoms with Crippen LogP contribution in [-0.2, 0) is 14.8 Å². The van der Waals surface area contributed by atoms with Gasteiger partial charge >= 0.3 is 15.5 Å². The highest BCUT2D eigenvalue weighted by atomic mass is 32.2. The number of alkyl halides is 4. The van der Waals surface area contributed by atoms with Crippen LogP contribution in [-0.4, -0.2) is 37.8 Å². The zero-order chi connectivity index (χ0) is 22.8. The van der Waals surface area contributed by atoms with Crippen LogP contribution < -0.4 is 10.0 Å². The Morgan fingerprint density at radius 2 is 1.81 bits per heavy atom. The van der Waals surface area contributed by atoms with Crippen molar-refractivity contribution in [2.45, 2.75) is 56.6 Å². The summed E-state index contributed by atoms with van der Waals surface area (Å²) in [5.74, 6) is -0.977. The van der Waals surface area contributed by atoms with Gasteiger partial charge in [0.05, 0.1) is 17.5 Å². The van der Waals surface area contributed by atoms with Crippen molar-refractivity contribution >= 4 is 38.1 Å². The van der Waals surface area contributed by atoms with Crippen molar-refractivity contribution in [1.29, 1.82) is 0 Å². The third-order valence-electron chi connectivity index (χ3n) is 6.58. The lowest BCUT2D eigenvalue weighted by Crippen LogP contribution is -2.57. The monoisotopic (exact) mass is 482 g/mol. The average Bonchev–Trinajstić information content (AvgIpc) is 2.97. The van der Waals surface area contributed by atoms with Gasteiger partial charge in [-0.05, 0) is 63.4 Å². The summed E-state index contributed by atoms with van der Waals surface area (Å²) < 4.78 is 76.2. The van der Waals surface area contributed by atoms with E-state index in [0.29, 0.717) is 30.6 Å². The standard InChI is InChI=1S/C19H22F4N2O4S2/c1-10-2-13(14(26)8-24-31(28,29)19(21,22)23)15(30-10)25-16(27)17-4-11-3-12(5-17)7-18(20,6-11)9-17/h2,11-12,24H,3-9H2,1H3,(H,25,27). The third-order valence-corrected chi connectivity index (χ3v) is 8.68. The Kier molecular flexibility index (Phi) is 5.29. The number of nitrogens with one attached hydrogen (secondary N) is 2. The molecule has 0 saturated heterocycles. The summed E-state index contributed by atoms with van der Waals surface area (Å²) in [7, 11) is -5.66. The number of anilines is 1. The van der Waals surface area contributed by atoms with Gasteiger partial charge < -0.3 is 5.32 Å². The lowest BCUT2D eigenvalue weighted by atomic mass is 9.48. The minimum absolute atomic E-state index is 0.0691. The van der Waals surface area contributed by atoms with Gasteiger partial charge in [0.25, 0.3) is 0 Å². The van der Waals surface area contributed by atoms with Gasteiger partial charge in [0.2, 0.25) is 5.91 Å². The second kappa shape index (κ2) is 7.24. The molecule has 2 atom stereocenters. The first-order chi connectivity index (χ1) is 14.2. The number of ketones is 1. The molecular weight excluding hydrogens is 460 g/mol. The van der Waals surface area contributed by atoms with Crippen molar-refractivity contribution in [1.82, 2.24) is 4.72 Å². The quantitative estimate of drug-likeness (QED) is 0.475. The van der Waals surface area contributed by atoms with E-state index in [9.17, 15) is 31.2 Å². The van der Waals surface area contributed by atoms with E-state index in [1.807, 2.05) is 0 Å². The first-order valence-electron chi connectivity index (χ1n) is 9.92. The van der Waals surface area contributed by atoms with E-state index < -0.39 is 38.9 Å². The summed E-state index contributed by atoms with van der Waals surface area (Å²) in [6, 6.07) is 1.39. The zero-order valence-electron chi connectivity index (χ0n) is 16.6.